The van der Waals surface area contributed by atoms with Gasteiger partial charge in [0.25, 0.3) is 5.69 Å². The summed E-state index contributed by atoms with van der Waals surface area (Å²) < 4.78 is 6.00. The van der Waals surface area contributed by atoms with E-state index in [4.69, 9.17) is 4.74 Å². The molecule has 2 aromatic rings. The summed E-state index contributed by atoms with van der Waals surface area (Å²) in [5.41, 5.74) is 0.993. The number of anilines is 1. The molecule has 0 saturated heterocycles. The number of nitro benzene ring substituents is 1. The number of hydrogen-bond acceptors (Lipinski definition) is 4. The zero-order valence-electron chi connectivity index (χ0n) is 17.1. The molecule has 30 heavy (non-hydrogen) atoms. The molecule has 1 amide bonds. The van der Waals surface area contributed by atoms with Crippen LogP contribution in [-0.2, 0) is 10.2 Å². The number of benzene rings is 2. The molecule has 6 heteroatoms. The number of amides is 1. The van der Waals surface area contributed by atoms with E-state index in [2.05, 4.69) is 5.32 Å². The van der Waals surface area contributed by atoms with Crippen molar-refractivity contribution in [3.8, 4) is 5.75 Å². The highest BCUT2D eigenvalue weighted by Gasteiger charge is 2.41. The predicted octanol–water partition coefficient (Wildman–Crippen LogP) is 5.76. The molecule has 1 N–H and O–H groups in total. The third-order valence-electron chi connectivity index (χ3n) is 6.49. The summed E-state index contributed by atoms with van der Waals surface area (Å²) in [5.74, 6) is 0.795. The Balaban J connectivity index is 1.50. The van der Waals surface area contributed by atoms with E-state index in [1.54, 1.807) is 12.1 Å². The van der Waals surface area contributed by atoms with Gasteiger partial charge in [-0.1, -0.05) is 31.4 Å². The molecule has 0 atom stereocenters. The van der Waals surface area contributed by atoms with Crippen molar-refractivity contribution in [2.75, 3.05) is 5.32 Å². The Hall–Kier alpha value is -2.89. The van der Waals surface area contributed by atoms with Crippen LogP contribution in [0.4, 0.5) is 11.4 Å². The average molecular weight is 408 g/mol. The molecule has 4 rings (SSSR count). The van der Waals surface area contributed by atoms with E-state index in [1.165, 1.54) is 25.0 Å². The zero-order valence-corrected chi connectivity index (χ0v) is 17.1. The minimum Gasteiger partial charge on any atom is -0.490 e. The number of rotatable bonds is 6. The Labute approximate surface area is 176 Å². The molecule has 0 aliphatic heterocycles. The number of ether oxygens (including phenoxy) is 1. The van der Waals surface area contributed by atoms with Crippen molar-refractivity contribution in [1.82, 2.24) is 0 Å². The molecule has 2 aromatic carbocycles. The second-order valence-corrected chi connectivity index (χ2v) is 8.45. The summed E-state index contributed by atoms with van der Waals surface area (Å²) in [6.07, 6.45) is 9.52. The average Bonchev–Trinajstić information content (AvgIpc) is 3.28. The summed E-state index contributed by atoms with van der Waals surface area (Å²) in [6.45, 7) is 0. The molecule has 0 bridgehead atoms. The Morgan fingerprint density at radius 3 is 2.17 bits per heavy atom. The lowest BCUT2D eigenvalue weighted by molar-refractivity contribution is -0.384. The van der Waals surface area contributed by atoms with Gasteiger partial charge in [-0.25, -0.2) is 0 Å². The third-order valence-corrected chi connectivity index (χ3v) is 6.49. The van der Waals surface area contributed by atoms with E-state index in [9.17, 15) is 14.9 Å². The molecule has 6 nitrogen and oxygen atoms in total. The van der Waals surface area contributed by atoms with Gasteiger partial charge in [0.2, 0.25) is 5.91 Å². The van der Waals surface area contributed by atoms with E-state index < -0.39 is 10.3 Å². The Morgan fingerprint density at radius 1 is 0.933 bits per heavy atom. The fraction of sp³-hybridized carbons (Fsp3) is 0.458. The Bertz CT molecular complexity index is 880. The van der Waals surface area contributed by atoms with E-state index in [0.29, 0.717) is 6.10 Å². The Morgan fingerprint density at radius 2 is 1.57 bits per heavy atom. The van der Waals surface area contributed by atoms with Crippen LogP contribution in [0.2, 0.25) is 0 Å². The van der Waals surface area contributed by atoms with Crippen molar-refractivity contribution in [3.63, 3.8) is 0 Å². The second kappa shape index (κ2) is 8.86. The van der Waals surface area contributed by atoms with Crippen LogP contribution in [0.1, 0.15) is 63.4 Å². The van der Waals surface area contributed by atoms with Crippen LogP contribution in [0.3, 0.4) is 0 Å². The first-order chi connectivity index (χ1) is 14.6. The lowest BCUT2D eigenvalue weighted by Crippen LogP contribution is -2.42. The lowest BCUT2D eigenvalue weighted by atomic mass is 9.68. The summed E-state index contributed by atoms with van der Waals surface area (Å²) in [6, 6.07) is 14.1. The predicted molar refractivity (Wildman–Crippen MR) is 116 cm³/mol. The number of nitro groups is 1. The van der Waals surface area contributed by atoms with Crippen LogP contribution in [0, 0.1) is 10.1 Å². The van der Waals surface area contributed by atoms with Crippen molar-refractivity contribution in [3.05, 3.63) is 64.2 Å². The van der Waals surface area contributed by atoms with Gasteiger partial charge in [0.1, 0.15) is 5.75 Å². The number of carbonyl (C=O) groups excluding carboxylic acids is 1. The highest BCUT2D eigenvalue weighted by atomic mass is 16.6. The van der Waals surface area contributed by atoms with Gasteiger partial charge in [0.15, 0.2) is 0 Å². The molecule has 2 fully saturated rings. The van der Waals surface area contributed by atoms with Crippen LogP contribution in [0.25, 0.3) is 0 Å². The maximum Gasteiger partial charge on any atom is 0.269 e. The minimum atomic E-state index is -0.646. The first-order valence-electron chi connectivity index (χ1n) is 10.9. The smallest absolute Gasteiger partial charge is 0.269 e. The van der Waals surface area contributed by atoms with Crippen LogP contribution in [0.5, 0.6) is 5.75 Å². The fourth-order valence-electron chi connectivity index (χ4n) is 4.77. The number of carbonyl (C=O) groups is 1. The topological polar surface area (TPSA) is 81.5 Å². The molecular formula is C24H28N2O4. The molecule has 2 saturated carbocycles. The van der Waals surface area contributed by atoms with Crippen molar-refractivity contribution in [1.29, 1.82) is 0 Å². The molecule has 158 valence electrons. The molecule has 0 aromatic heterocycles. The Kier molecular flexibility index (Phi) is 6.02. The van der Waals surface area contributed by atoms with Crippen molar-refractivity contribution in [2.45, 2.75) is 69.3 Å². The minimum absolute atomic E-state index is 0.0412. The maximum absolute atomic E-state index is 13.4. The van der Waals surface area contributed by atoms with Crippen molar-refractivity contribution in [2.24, 2.45) is 0 Å². The summed E-state index contributed by atoms with van der Waals surface area (Å²) in [7, 11) is 0. The standard InChI is InChI=1S/C24H28N2O4/c27-23(25-19-10-14-22(15-11-19)30-21-6-2-3-7-21)24(16-4-1-5-17-24)18-8-12-20(13-9-18)26(28)29/h8-15,21H,1-7,16-17H2,(H,25,27). The van der Waals surface area contributed by atoms with Crippen LogP contribution >= 0.6 is 0 Å². The molecule has 0 unspecified atom stereocenters. The zero-order chi connectivity index (χ0) is 21.0. The number of non-ortho nitro benzene ring substituents is 1. The lowest BCUT2D eigenvalue weighted by Gasteiger charge is -2.36. The molecular weight excluding hydrogens is 380 g/mol. The van der Waals surface area contributed by atoms with Gasteiger partial charge in [-0.05, 0) is 68.4 Å². The van der Waals surface area contributed by atoms with E-state index >= 15 is 0 Å². The normalized spacial score (nSPS) is 18.7. The quantitative estimate of drug-likeness (QED) is 0.487. The van der Waals surface area contributed by atoms with Gasteiger partial charge in [0, 0.05) is 17.8 Å². The SMILES string of the molecule is O=C(Nc1ccc(OC2CCCC2)cc1)C1(c2ccc([N+](=O)[O-])cc2)CCCCC1. The van der Waals surface area contributed by atoms with Crippen molar-refractivity contribution >= 4 is 17.3 Å². The largest absolute Gasteiger partial charge is 0.490 e. The number of nitrogens with zero attached hydrogens (tertiary/aromatic N) is 1. The van der Waals surface area contributed by atoms with Crippen molar-refractivity contribution < 1.29 is 14.5 Å². The van der Waals surface area contributed by atoms with E-state index in [-0.39, 0.29) is 11.6 Å². The van der Waals surface area contributed by atoms with Gasteiger partial charge in [0.05, 0.1) is 16.4 Å². The van der Waals surface area contributed by atoms with Crippen LogP contribution in [0.15, 0.2) is 48.5 Å². The summed E-state index contributed by atoms with van der Waals surface area (Å²) in [4.78, 5) is 24.0. The van der Waals surface area contributed by atoms with Gasteiger partial charge in [-0.2, -0.15) is 0 Å². The van der Waals surface area contributed by atoms with E-state index in [1.807, 2.05) is 24.3 Å². The van der Waals surface area contributed by atoms with E-state index in [0.717, 1.165) is 61.9 Å². The first-order valence-corrected chi connectivity index (χ1v) is 10.9. The second-order valence-electron chi connectivity index (χ2n) is 8.45. The van der Waals surface area contributed by atoms with Gasteiger partial charge >= 0.3 is 0 Å². The first kappa shape index (κ1) is 20.4. The molecule has 0 spiro atoms. The molecule has 2 aliphatic rings. The highest BCUT2D eigenvalue weighted by molar-refractivity contribution is 5.99. The van der Waals surface area contributed by atoms with Gasteiger partial charge in [-0.3, -0.25) is 14.9 Å². The maximum atomic E-state index is 13.4. The number of hydrogen-bond donors (Lipinski definition) is 1. The highest BCUT2D eigenvalue weighted by Crippen LogP contribution is 2.41. The van der Waals surface area contributed by atoms with Crippen LogP contribution < -0.4 is 10.1 Å². The fourth-order valence-corrected chi connectivity index (χ4v) is 4.77. The monoisotopic (exact) mass is 408 g/mol. The summed E-state index contributed by atoms with van der Waals surface area (Å²) in [5, 5.41) is 14.1. The molecule has 0 heterocycles. The third kappa shape index (κ3) is 4.32. The summed E-state index contributed by atoms with van der Waals surface area (Å²) >= 11 is 0. The van der Waals surface area contributed by atoms with Gasteiger partial charge < -0.3 is 10.1 Å². The number of nitrogens with one attached hydrogen (secondary N) is 1. The van der Waals surface area contributed by atoms with Crippen LogP contribution in [-0.4, -0.2) is 16.9 Å². The molecule has 0 radical (unpaired) electrons. The molecule has 2 aliphatic carbocycles. The van der Waals surface area contributed by atoms with Gasteiger partial charge in [-0.15, -0.1) is 0 Å².